The molecule has 0 atom stereocenters. The first kappa shape index (κ1) is 12.5. The summed E-state index contributed by atoms with van der Waals surface area (Å²) in [5.74, 6) is -0.783. The van der Waals surface area contributed by atoms with E-state index in [-0.39, 0.29) is 12.4 Å². The van der Waals surface area contributed by atoms with Crippen LogP contribution in [-0.2, 0) is 9.53 Å². The van der Waals surface area contributed by atoms with E-state index in [0.717, 1.165) is 6.08 Å². The van der Waals surface area contributed by atoms with Crippen LogP contribution in [0.5, 0.6) is 0 Å². The van der Waals surface area contributed by atoms with E-state index in [9.17, 15) is 9.59 Å². The van der Waals surface area contributed by atoms with Gasteiger partial charge < -0.3 is 4.74 Å². The highest BCUT2D eigenvalue weighted by Crippen LogP contribution is 2.10. The van der Waals surface area contributed by atoms with Crippen molar-refractivity contribution in [3.63, 3.8) is 0 Å². The van der Waals surface area contributed by atoms with E-state index in [1.807, 2.05) is 0 Å². The molecule has 0 saturated carbocycles. The minimum absolute atomic E-state index is 0.260. The van der Waals surface area contributed by atoms with Crippen LogP contribution in [0, 0.1) is 0 Å². The maximum absolute atomic E-state index is 11.5. The van der Waals surface area contributed by atoms with E-state index in [4.69, 9.17) is 11.6 Å². The van der Waals surface area contributed by atoms with Crippen molar-refractivity contribution in [3.8, 4) is 0 Å². The molecule has 0 fully saturated rings. The van der Waals surface area contributed by atoms with Crippen molar-refractivity contribution in [2.75, 3.05) is 6.61 Å². The molecule has 0 saturated heterocycles. The van der Waals surface area contributed by atoms with Gasteiger partial charge in [0.15, 0.2) is 5.78 Å². The molecular formula is C12H11ClO3. The van der Waals surface area contributed by atoms with Crippen LogP contribution in [0.25, 0.3) is 0 Å². The minimum Gasteiger partial charge on any atom is -0.463 e. The number of ketones is 1. The van der Waals surface area contributed by atoms with Gasteiger partial charge in [-0.3, -0.25) is 4.79 Å². The quantitative estimate of drug-likeness (QED) is 0.460. The molecule has 0 amide bonds. The van der Waals surface area contributed by atoms with Crippen molar-refractivity contribution in [2.24, 2.45) is 0 Å². The van der Waals surface area contributed by atoms with Crippen molar-refractivity contribution in [1.82, 2.24) is 0 Å². The summed E-state index contributed by atoms with van der Waals surface area (Å²) in [6.07, 6.45) is 2.29. The highest BCUT2D eigenvalue weighted by molar-refractivity contribution is 6.30. The lowest BCUT2D eigenvalue weighted by molar-refractivity contribution is -0.137. The average molecular weight is 239 g/mol. The number of hydrogen-bond acceptors (Lipinski definition) is 3. The van der Waals surface area contributed by atoms with E-state index in [0.29, 0.717) is 10.6 Å². The van der Waals surface area contributed by atoms with Gasteiger partial charge in [-0.15, -0.1) is 0 Å². The van der Waals surface area contributed by atoms with Gasteiger partial charge in [-0.2, -0.15) is 0 Å². The molecule has 0 aromatic heterocycles. The number of allylic oxidation sites excluding steroid dienone is 1. The Labute approximate surface area is 98.7 Å². The Balaban J connectivity index is 2.65. The van der Waals surface area contributed by atoms with E-state index < -0.39 is 5.97 Å². The number of benzene rings is 1. The van der Waals surface area contributed by atoms with Crippen LogP contribution in [0.3, 0.4) is 0 Å². The Morgan fingerprint density at radius 1 is 1.25 bits per heavy atom. The molecule has 0 radical (unpaired) electrons. The molecule has 3 nitrogen and oxygen atoms in total. The maximum atomic E-state index is 11.5. The van der Waals surface area contributed by atoms with Crippen molar-refractivity contribution < 1.29 is 14.3 Å². The first-order chi connectivity index (χ1) is 7.63. The molecule has 0 aliphatic carbocycles. The van der Waals surface area contributed by atoms with Crippen LogP contribution in [-0.4, -0.2) is 18.4 Å². The number of carbonyl (C=O) groups excluding carboxylic acids is 2. The zero-order valence-electron chi connectivity index (χ0n) is 8.77. The largest absolute Gasteiger partial charge is 0.463 e. The fourth-order valence-corrected chi connectivity index (χ4v) is 1.17. The van der Waals surface area contributed by atoms with Gasteiger partial charge in [0.25, 0.3) is 0 Å². The zero-order chi connectivity index (χ0) is 12.0. The maximum Gasteiger partial charge on any atom is 0.330 e. The molecule has 1 aromatic rings. The molecule has 0 aliphatic rings. The zero-order valence-corrected chi connectivity index (χ0v) is 9.53. The van der Waals surface area contributed by atoms with Gasteiger partial charge in [0.05, 0.1) is 6.61 Å². The first-order valence-electron chi connectivity index (χ1n) is 4.78. The van der Waals surface area contributed by atoms with Gasteiger partial charge in [0.1, 0.15) is 0 Å². The molecule has 4 heteroatoms. The number of esters is 1. The SMILES string of the molecule is CCOC(=O)/C=C/C(=O)c1ccc(Cl)cc1. The number of halogens is 1. The third-order valence-electron chi connectivity index (χ3n) is 1.79. The van der Waals surface area contributed by atoms with Crippen LogP contribution in [0.1, 0.15) is 17.3 Å². The highest BCUT2D eigenvalue weighted by atomic mass is 35.5. The van der Waals surface area contributed by atoms with E-state index >= 15 is 0 Å². The third kappa shape index (κ3) is 3.87. The van der Waals surface area contributed by atoms with E-state index in [2.05, 4.69) is 4.74 Å². The lowest BCUT2D eigenvalue weighted by Gasteiger charge is -1.96. The summed E-state index contributed by atoms with van der Waals surface area (Å²) in [4.78, 5) is 22.5. The molecule has 0 spiro atoms. The average Bonchev–Trinajstić information content (AvgIpc) is 2.27. The van der Waals surface area contributed by atoms with Gasteiger partial charge in [-0.25, -0.2) is 4.79 Å². The second kappa shape index (κ2) is 6.08. The van der Waals surface area contributed by atoms with Crippen molar-refractivity contribution in [3.05, 3.63) is 47.0 Å². The lowest BCUT2D eigenvalue weighted by Crippen LogP contribution is -2.01. The van der Waals surface area contributed by atoms with Gasteiger partial charge in [0.2, 0.25) is 0 Å². The van der Waals surface area contributed by atoms with Crippen LogP contribution >= 0.6 is 11.6 Å². The van der Waals surface area contributed by atoms with Crippen LogP contribution < -0.4 is 0 Å². The Morgan fingerprint density at radius 2 is 1.88 bits per heavy atom. The predicted molar refractivity (Wildman–Crippen MR) is 61.6 cm³/mol. The molecule has 1 rings (SSSR count). The standard InChI is InChI=1S/C12H11ClO3/c1-2-16-12(15)8-7-11(14)9-3-5-10(13)6-4-9/h3-8H,2H2,1H3/b8-7+. The molecule has 0 N–H and O–H groups in total. The summed E-state index contributed by atoms with van der Waals surface area (Å²) in [6.45, 7) is 1.99. The molecule has 1 aromatic carbocycles. The van der Waals surface area contributed by atoms with Gasteiger partial charge >= 0.3 is 5.97 Å². The monoisotopic (exact) mass is 238 g/mol. The van der Waals surface area contributed by atoms with Crippen molar-refractivity contribution in [1.29, 1.82) is 0 Å². The van der Waals surface area contributed by atoms with Crippen LogP contribution in [0.15, 0.2) is 36.4 Å². The van der Waals surface area contributed by atoms with E-state index in [1.165, 1.54) is 6.08 Å². The second-order valence-electron chi connectivity index (χ2n) is 2.96. The summed E-state index contributed by atoms with van der Waals surface area (Å²) in [5.41, 5.74) is 0.477. The van der Waals surface area contributed by atoms with Crippen LogP contribution in [0.4, 0.5) is 0 Å². The molecule has 84 valence electrons. The summed E-state index contributed by atoms with van der Waals surface area (Å²) in [7, 11) is 0. The first-order valence-corrected chi connectivity index (χ1v) is 5.16. The molecule has 16 heavy (non-hydrogen) atoms. The third-order valence-corrected chi connectivity index (χ3v) is 2.04. The summed E-state index contributed by atoms with van der Waals surface area (Å²) in [6, 6.07) is 6.43. The lowest BCUT2D eigenvalue weighted by atomic mass is 10.1. The normalized spacial score (nSPS) is 10.4. The summed E-state index contributed by atoms with van der Waals surface area (Å²) < 4.78 is 4.65. The molecule has 0 heterocycles. The van der Waals surface area contributed by atoms with E-state index in [1.54, 1.807) is 31.2 Å². The molecular weight excluding hydrogens is 228 g/mol. The number of ether oxygens (including phenoxy) is 1. The Morgan fingerprint density at radius 3 is 2.44 bits per heavy atom. The predicted octanol–water partition coefficient (Wildman–Crippen LogP) is 2.64. The topological polar surface area (TPSA) is 43.4 Å². The van der Waals surface area contributed by atoms with Gasteiger partial charge in [0, 0.05) is 16.7 Å². The second-order valence-corrected chi connectivity index (χ2v) is 3.39. The molecule has 0 aliphatic heterocycles. The smallest absolute Gasteiger partial charge is 0.330 e. The number of hydrogen-bond donors (Lipinski definition) is 0. The molecule has 0 bridgehead atoms. The fourth-order valence-electron chi connectivity index (χ4n) is 1.04. The van der Waals surface area contributed by atoms with Gasteiger partial charge in [-0.1, -0.05) is 11.6 Å². The number of carbonyl (C=O) groups is 2. The van der Waals surface area contributed by atoms with Crippen molar-refractivity contribution in [2.45, 2.75) is 6.92 Å². The molecule has 0 unspecified atom stereocenters. The summed E-state index contributed by atoms with van der Waals surface area (Å²) in [5, 5.41) is 0.561. The fraction of sp³-hybridized carbons (Fsp3) is 0.167. The van der Waals surface area contributed by atoms with Gasteiger partial charge in [-0.05, 0) is 37.3 Å². The Hall–Kier alpha value is -1.61. The van der Waals surface area contributed by atoms with Crippen LogP contribution in [0.2, 0.25) is 5.02 Å². The summed E-state index contributed by atoms with van der Waals surface area (Å²) >= 11 is 5.68. The Kier molecular flexibility index (Phi) is 4.73. The van der Waals surface area contributed by atoms with Crippen molar-refractivity contribution >= 4 is 23.4 Å². The minimum atomic E-state index is -0.523. The highest BCUT2D eigenvalue weighted by Gasteiger charge is 2.02. The number of rotatable bonds is 4. The Bertz CT molecular complexity index is 407.